The summed E-state index contributed by atoms with van der Waals surface area (Å²) < 4.78 is 41.9. The SMILES string of the molecule is CC1SCCN(S(=O)(=O)c2cc(Br)cc(CN)c2F)C1C. The van der Waals surface area contributed by atoms with E-state index in [1.54, 1.807) is 11.8 Å². The van der Waals surface area contributed by atoms with Gasteiger partial charge in [-0.2, -0.15) is 16.1 Å². The minimum atomic E-state index is -3.87. The second-order valence-electron chi connectivity index (χ2n) is 5.01. The molecule has 0 aromatic heterocycles. The molecule has 0 aliphatic carbocycles. The Morgan fingerprint density at radius 1 is 1.48 bits per heavy atom. The van der Waals surface area contributed by atoms with Crippen molar-refractivity contribution in [3.05, 3.63) is 28.0 Å². The van der Waals surface area contributed by atoms with Gasteiger partial charge in [-0.1, -0.05) is 22.9 Å². The van der Waals surface area contributed by atoms with Gasteiger partial charge in [-0.15, -0.1) is 0 Å². The molecule has 4 nitrogen and oxygen atoms in total. The number of thioether (sulfide) groups is 1. The first-order valence-electron chi connectivity index (χ1n) is 6.60. The average Bonchev–Trinajstić information content (AvgIpc) is 2.43. The maximum atomic E-state index is 14.4. The summed E-state index contributed by atoms with van der Waals surface area (Å²) >= 11 is 4.95. The fourth-order valence-electron chi connectivity index (χ4n) is 2.33. The third-order valence-electron chi connectivity index (χ3n) is 3.71. The highest BCUT2D eigenvalue weighted by Crippen LogP contribution is 2.32. The van der Waals surface area contributed by atoms with Crippen molar-refractivity contribution in [2.24, 2.45) is 5.73 Å². The molecule has 2 atom stereocenters. The van der Waals surface area contributed by atoms with Crippen LogP contribution < -0.4 is 5.73 Å². The van der Waals surface area contributed by atoms with Gasteiger partial charge in [0.25, 0.3) is 0 Å². The van der Waals surface area contributed by atoms with E-state index in [0.29, 0.717) is 16.8 Å². The van der Waals surface area contributed by atoms with Crippen molar-refractivity contribution < 1.29 is 12.8 Å². The topological polar surface area (TPSA) is 63.4 Å². The maximum Gasteiger partial charge on any atom is 0.246 e. The van der Waals surface area contributed by atoms with Gasteiger partial charge >= 0.3 is 0 Å². The Kier molecular flexibility index (Phi) is 5.36. The second kappa shape index (κ2) is 6.54. The Balaban J connectivity index is 2.51. The monoisotopic (exact) mass is 396 g/mol. The van der Waals surface area contributed by atoms with Crippen molar-refractivity contribution in [1.82, 2.24) is 4.31 Å². The average molecular weight is 397 g/mol. The van der Waals surface area contributed by atoms with Gasteiger partial charge in [0.2, 0.25) is 10.0 Å². The molecule has 1 aliphatic rings. The van der Waals surface area contributed by atoms with E-state index >= 15 is 0 Å². The standard InChI is InChI=1S/C13H18BrFN2O2S2/c1-8-9(2)20-4-3-17(8)21(18,19)12-6-11(14)5-10(7-16)13(12)15/h5-6,8-9H,3-4,7,16H2,1-2H3. The van der Waals surface area contributed by atoms with Crippen LogP contribution in [0, 0.1) is 5.82 Å². The van der Waals surface area contributed by atoms with Gasteiger partial charge in [-0.05, 0) is 19.1 Å². The summed E-state index contributed by atoms with van der Waals surface area (Å²) in [5.74, 6) is -0.0387. The molecule has 118 valence electrons. The summed E-state index contributed by atoms with van der Waals surface area (Å²) in [6, 6.07) is 2.64. The van der Waals surface area contributed by atoms with E-state index in [1.807, 2.05) is 13.8 Å². The molecule has 1 fully saturated rings. The summed E-state index contributed by atoms with van der Waals surface area (Å²) in [5.41, 5.74) is 5.68. The summed E-state index contributed by atoms with van der Waals surface area (Å²) in [7, 11) is -3.87. The lowest BCUT2D eigenvalue weighted by atomic mass is 10.2. The van der Waals surface area contributed by atoms with E-state index in [1.165, 1.54) is 16.4 Å². The van der Waals surface area contributed by atoms with E-state index in [2.05, 4.69) is 15.9 Å². The van der Waals surface area contributed by atoms with Crippen LogP contribution >= 0.6 is 27.7 Å². The molecule has 0 saturated carbocycles. The molecular formula is C13H18BrFN2O2S2. The molecule has 2 unspecified atom stereocenters. The Morgan fingerprint density at radius 2 is 2.14 bits per heavy atom. The van der Waals surface area contributed by atoms with Gasteiger partial charge in [-0.25, -0.2) is 12.8 Å². The number of nitrogens with zero attached hydrogens (tertiary/aromatic N) is 1. The van der Waals surface area contributed by atoms with E-state index in [9.17, 15) is 12.8 Å². The van der Waals surface area contributed by atoms with Crippen molar-refractivity contribution >= 4 is 37.7 Å². The summed E-state index contributed by atoms with van der Waals surface area (Å²) in [4.78, 5) is -0.303. The molecule has 0 bridgehead atoms. The van der Waals surface area contributed by atoms with Crippen LogP contribution in [0.2, 0.25) is 0 Å². The first-order chi connectivity index (χ1) is 9.78. The molecule has 2 rings (SSSR count). The molecule has 0 amide bonds. The van der Waals surface area contributed by atoms with Crippen LogP contribution in [0.15, 0.2) is 21.5 Å². The van der Waals surface area contributed by atoms with Crippen molar-refractivity contribution in [3.63, 3.8) is 0 Å². The minimum Gasteiger partial charge on any atom is -0.326 e. The first kappa shape index (κ1) is 17.2. The molecule has 0 radical (unpaired) electrons. The molecule has 21 heavy (non-hydrogen) atoms. The highest BCUT2D eigenvalue weighted by atomic mass is 79.9. The Morgan fingerprint density at radius 3 is 2.76 bits per heavy atom. The third-order valence-corrected chi connectivity index (χ3v) is 7.49. The Bertz CT molecular complexity index is 639. The van der Waals surface area contributed by atoms with Gasteiger partial charge in [-0.3, -0.25) is 0 Å². The normalized spacial score (nSPS) is 24.2. The number of hydrogen-bond acceptors (Lipinski definition) is 4. The highest BCUT2D eigenvalue weighted by molar-refractivity contribution is 9.10. The van der Waals surface area contributed by atoms with Crippen molar-refractivity contribution in [2.75, 3.05) is 12.3 Å². The van der Waals surface area contributed by atoms with Crippen LogP contribution in [0.4, 0.5) is 4.39 Å². The zero-order chi connectivity index (χ0) is 15.8. The first-order valence-corrected chi connectivity index (χ1v) is 9.88. The molecular weight excluding hydrogens is 379 g/mol. The van der Waals surface area contributed by atoms with Gasteiger partial charge in [0.15, 0.2) is 0 Å². The lowest BCUT2D eigenvalue weighted by Gasteiger charge is -2.36. The summed E-state index contributed by atoms with van der Waals surface area (Å²) in [6.45, 7) is 4.19. The van der Waals surface area contributed by atoms with E-state index in [4.69, 9.17) is 5.73 Å². The molecule has 1 heterocycles. The fourth-order valence-corrected chi connectivity index (χ4v) is 6.11. The lowest BCUT2D eigenvalue weighted by molar-refractivity contribution is 0.338. The van der Waals surface area contributed by atoms with Gasteiger partial charge in [0, 0.05) is 40.2 Å². The molecule has 1 aromatic carbocycles. The molecule has 1 aromatic rings. The van der Waals surface area contributed by atoms with E-state index < -0.39 is 15.8 Å². The van der Waals surface area contributed by atoms with Crippen molar-refractivity contribution in [1.29, 1.82) is 0 Å². The molecule has 0 spiro atoms. The predicted octanol–water partition coefficient (Wildman–Crippen LogP) is 2.56. The Hall–Kier alpha value is -0.150. The minimum absolute atomic E-state index is 0.0460. The van der Waals surface area contributed by atoms with E-state index in [-0.39, 0.29) is 28.3 Å². The number of sulfonamides is 1. The van der Waals surface area contributed by atoms with Gasteiger partial charge in [0.05, 0.1) is 0 Å². The van der Waals surface area contributed by atoms with Gasteiger partial charge < -0.3 is 5.73 Å². The van der Waals surface area contributed by atoms with Gasteiger partial charge in [0.1, 0.15) is 10.7 Å². The fraction of sp³-hybridized carbons (Fsp3) is 0.538. The number of hydrogen-bond donors (Lipinski definition) is 1. The zero-order valence-electron chi connectivity index (χ0n) is 11.8. The highest BCUT2D eigenvalue weighted by Gasteiger charge is 2.36. The summed E-state index contributed by atoms with van der Waals surface area (Å²) in [6.07, 6.45) is 0. The molecule has 1 aliphatic heterocycles. The Labute approximate surface area is 137 Å². The van der Waals surface area contributed by atoms with Crippen LogP contribution in [0.1, 0.15) is 19.4 Å². The van der Waals surface area contributed by atoms with Crippen molar-refractivity contribution in [3.8, 4) is 0 Å². The predicted molar refractivity (Wildman–Crippen MR) is 87.3 cm³/mol. The van der Waals surface area contributed by atoms with Crippen LogP contribution in [0.5, 0.6) is 0 Å². The van der Waals surface area contributed by atoms with Crippen molar-refractivity contribution in [2.45, 2.75) is 36.6 Å². The molecule has 1 saturated heterocycles. The van der Waals surface area contributed by atoms with Crippen LogP contribution in [0.25, 0.3) is 0 Å². The van der Waals surface area contributed by atoms with Crippen LogP contribution in [-0.4, -0.2) is 36.3 Å². The molecule has 2 N–H and O–H groups in total. The van der Waals surface area contributed by atoms with E-state index in [0.717, 1.165) is 0 Å². The largest absolute Gasteiger partial charge is 0.326 e. The third kappa shape index (κ3) is 3.29. The number of halogens is 2. The lowest BCUT2D eigenvalue weighted by Crippen LogP contribution is -2.48. The summed E-state index contributed by atoms with van der Waals surface area (Å²) in [5, 5.41) is 0.178. The van der Waals surface area contributed by atoms with Crippen LogP contribution in [0.3, 0.4) is 0 Å². The zero-order valence-corrected chi connectivity index (χ0v) is 15.1. The van der Waals surface area contributed by atoms with Crippen LogP contribution in [-0.2, 0) is 16.6 Å². The number of rotatable bonds is 3. The smallest absolute Gasteiger partial charge is 0.246 e. The number of benzene rings is 1. The number of nitrogens with two attached hydrogens (primary N) is 1. The maximum absolute atomic E-state index is 14.4. The second-order valence-corrected chi connectivity index (χ2v) is 9.27. The molecule has 8 heteroatoms. The quantitative estimate of drug-likeness (QED) is 0.852.